The van der Waals surface area contributed by atoms with E-state index in [9.17, 15) is 4.79 Å². The molecule has 4 rings (SSSR count). The molecule has 1 saturated heterocycles. The van der Waals surface area contributed by atoms with Gasteiger partial charge in [0.15, 0.2) is 11.5 Å². The van der Waals surface area contributed by atoms with E-state index in [1.54, 1.807) is 22.9 Å². The summed E-state index contributed by atoms with van der Waals surface area (Å²) in [4.78, 5) is 14.7. The summed E-state index contributed by atoms with van der Waals surface area (Å²) in [5.74, 6) is 0.437. The SMILES string of the molecule is Cn1cc([C@H]2CCCN2C(=O)c2cc(-c3ccc(Cl)cc3)on2)cn1. The number of amides is 1. The van der Waals surface area contributed by atoms with Crippen molar-refractivity contribution in [2.24, 2.45) is 7.05 Å². The van der Waals surface area contributed by atoms with Gasteiger partial charge in [0, 0.05) is 42.0 Å². The molecule has 1 aliphatic heterocycles. The van der Waals surface area contributed by atoms with Gasteiger partial charge in [0.05, 0.1) is 12.2 Å². The van der Waals surface area contributed by atoms with Gasteiger partial charge in [-0.25, -0.2) is 0 Å². The van der Waals surface area contributed by atoms with E-state index >= 15 is 0 Å². The zero-order valence-electron chi connectivity index (χ0n) is 13.7. The molecule has 0 saturated carbocycles. The van der Waals surface area contributed by atoms with Gasteiger partial charge in [0.25, 0.3) is 5.91 Å². The number of hydrogen-bond acceptors (Lipinski definition) is 4. The molecular weight excluding hydrogens is 340 g/mol. The average molecular weight is 357 g/mol. The number of carbonyl (C=O) groups excluding carboxylic acids is 1. The van der Waals surface area contributed by atoms with Crippen LogP contribution in [0.15, 0.2) is 47.2 Å². The van der Waals surface area contributed by atoms with Crippen LogP contribution in [0.2, 0.25) is 5.02 Å². The fraction of sp³-hybridized carbons (Fsp3) is 0.278. The average Bonchev–Trinajstić information content (AvgIpc) is 3.35. The monoisotopic (exact) mass is 356 g/mol. The maximum Gasteiger partial charge on any atom is 0.276 e. The molecule has 1 fully saturated rings. The van der Waals surface area contributed by atoms with Gasteiger partial charge in [-0.15, -0.1) is 0 Å². The zero-order chi connectivity index (χ0) is 17.4. The van der Waals surface area contributed by atoms with E-state index < -0.39 is 0 Å². The van der Waals surface area contributed by atoms with E-state index in [-0.39, 0.29) is 11.9 Å². The van der Waals surface area contributed by atoms with Crippen molar-refractivity contribution in [1.29, 1.82) is 0 Å². The van der Waals surface area contributed by atoms with Gasteiger partial charge in [0.2, 0.25) is 0 Å². The minimum atomic E-state index is -0.115. The fourth-order valence-corrected chi connectivity index (χ4v) is 3.37. The lowest BCUT2D eigenvalue weighted by molar-refractivity contribution is 0.0725. The first-order chi connectivity index (χ1) is 12.1. The number of aromatic nitrogens is 3. The molecule has 1 amide bonds. The van der Waals surface area contributed by atoms with Gasteiger partial charge in [0.1, 0.15) is 0 Å². The molecule has 0 unspecified atom stereocenters. The molecule has 1 aliphatic rings. The van der Waals surface area contributed by atoms with Crippen molar-refractivity contribution in [3.8, 4) is 11.3 Å². The number of rotatable bonds is 3. The minimum Gasteiger partial charge on any atom is -0.355 e. The first kappa shape index (κ1) is 15.9. The van der Waals surface area contributed by atoms with Crippen LogP contribution in [0.25, 0.3) is 11.3 Å². The summed E-state index contributed by atoms with van der Waals surface area (Å²) in [5, 5.41) is 8.83. The Labute approximate surface area is 150 Å². The molecule has 3 aromatic rings. The minimum absolute atomic E-state index is 0.0388. The summed E-state index contributed by atoms with van der Waals surface area (Å²) in [5.41, 5.74) is 2.21. The van der Waals surface area contributed by atoms with Crippen molar-refractivity contribution in [2.75, 3.05) is 6.54 Å². The van der Waals surface area contributed by atoms with E-state index in [0.29, 0.717) is 23.0 Å². The van der Waals surface area contributed by atoms with Crippen LogP contribution < -0.4 is 0 Å². The molecule has 1 aromatic carbocycles. The van der Waals surface area contributed by atoms with Crippen molar-refractivity contribution in [2.45, 2.75) is 18.9 Å². The van der Waals surface area contributed by atoms with Crippen LogP contribution in [0.1, 0.15) is 34.9 Å². The molecule has 6 nitrogen and oxygen atoms in total. The lowest BCUT2D eigenvalue weighted by Crippen LogP contribution is -2.30. The Morgan fingerprint density at radius 3 is 2.84 bits per heavy atom. The molecule has 3 heterocycles. The number of benzene rings is 1. The second kappa shape index (κ2) is 6.37. The van der Waals surface area contributed by atoms with Crippen LogP contribution in [-0.4, -0.2) is 32.3 Å². The second-order valence-corrected chi connectivity index (χ2v) is 6.62. The largest absolute Gasteiger partial charge is 0.355 e. The molecule has 0 N–H and O–H groups in total. The Hall–Kier alpha value is -2.60. The van der Waals surface area contributed by atoms with Crippen LogP contribution in [0, 0.1) is 0 Å². The lowest BCUT2D eigenvalue weighted by atomic mass is 10.1. The van der Waals surface area contributed by atoms with Gasteiger partial charge < -0.3 is 9.42 Å². The molecule has 0 spiro atoms. The molecule has 128 valence electrons. The highest BCUT2D eigenvalue weighted by Gasteiger charge is 2.32. The predicted molar refractivity (Wildman–Crippen MR) is 93.2 cm³/mol. The van der Waals surface area contributed by atoms with E-state index in [2.05, 4.69) is 10.3 Å². The van der Waals surface area contributed by atoms with Gasteiger partial charge >= 0.3 is 0 Å². The van der Waals surface area contributed by atoms with Crippen molar-refractivity contribution >= 4 is 17.5 Å². The van der Waals surface area contributed by atoms with E-state index in [1.807, 2.05) is 36.5 Å². The van der Waals surface area contributed by atoms with Crippen molar-refractivity contribution in [1.82, 2.24) is 19.8 Å². The Morgan fingerprint density at radius 2 is 2.12 bits per heavy atom. The smallest absolute Gasteiger partial charge is 0.276 e. The number of likely N-dealkylation sites (tertiary alicyclic amines) is 1. The number of carbonyl (C=O) groups is 1. The van der Waals surface area contributed by atoms with Crippen LogP contribution in [0.5, 0.6) is 0 Å². The summed E-state index contributed by atoms with van der Waals surface area (Å²) in [7, 11) is 1.88. The number of halogens is 1. The number of hydrogen-bond donors (Lipinski definition) is 0. The topological polar surface area (TPSA) is 64.2 Å². The Morgan fingerprint density at radius 1 is 1.32 bits per heavy atom. The molecule has 0 bridgehead atoms. The van der Waals surface area contributed by atoms with Crippen molar-refractivity contribution in [3.05, 3.63) is 59.0 Å². The van der Waals surface area contributed by atoms with Crippen molar-refractivity contribution in [3.63, 3.8) is 0 Å². The molecule has 7 heteroatoms. The highest BCUT2D eigenvalue weighted by molar-refractivity contribution is 6.30. The maximum atomic E-state index is 12.9. The lowest BCUT2D eigenvalue weighted by Gasteiger charge is -2.22. The molecular formula is C18H17ClN4O2. The van der Waals surface area contributed by atoms with E-state index in [4.69, 9.17) is 16.1 Å². The van der Waals surface area contributed by atoms with Gasteiger partial charge in [-0.2, -0.15) is 5.10 Å². The normalized spacial score (nSPS) is 17.2. The summed E-state index contributed by atoms with van der Waals surface area (Å²) in [6.07, 6.45) is 5.67. The standard InChI is InChI=1S/C18H17ClN4O2/c1-22-11-13(10-20-22)16-3-2-8-23(16)18(24)15-9-17(25-21-15)12-4-6-14(19)7-5-12/h4-7,9-11,16H,2-3,8H2,1H3/t16-/m1/s1. The van der Waals surface area contributed by atoms with Crippen LogP contribution in [0.3, 0.4) is 0 Å². The van der Waals surface area contributed by atoms with E-state index in [1.165, 1.54) is 0 Å². The van der Waals surface area contributed by atoms with Crippen LogP contribution in [-0.2, 0) is 7.05 Å². The molecule has 1 atom stereocenters. The Balaban J connectivity index is 1.57. The van der Waals surface area contributed by atoms with Gasteiger partial charge in [-0.05, 0) is 37.1 Å². The molecule has 25 heavy (non-hydrogen) atoms. The van der Waals surface area contributed by atoms with Crippen LogP contribution in [0.4, 0.5) is 0 Å². The number of nitrogens with zero attached hydrogens (tertiary/aromatic N) is 4. The summed E-state index contributed by atoms with van der Waals surface area (Å²) in [6, 6.07) is 8.96. The van der Waals surface area contributed by atoms with Crippen LogP contribution >= 0.6 is 11.6 Å². The molecule has 0 aliphatic carbocycles. The number of aryl methyl sites for hydroxylation is 1. The highest BCUT2D eigenvalue weighted by Crippen LogP contribution is 2.33. The summed E-state index contributed by atoms with van der Waals surface area (Å²) in [6.45, 7) is 0.710. The van der Waals surface area contributed by atoms with Gasteiger partial charge in [-0.1, -0.05) is 16.8 Å². The first-order valence-corrected chi connectivity index (χ1v) is 8.52. The zero-order valence-corrected chi connectivity index (χ0v) is 14.5. The molecule has 0 radical (unpaired) electrons. The summed E-state index contributed by atoms with van der Waals surface area (Å²) >= 11 is 5.90. The fourth-order valence-electron chi connectivity index (χ4n) is 3.24. The third-order valence-electron chi connectivity index (χ3n) is 4.48. The predicted octanol–water partition coefficient (Wildman–Crippen LogP) is 3.71. The quantitative estimate of drug-likeness (QED) is 0.717. The first-order valence-electron chi connectivity index (χ1n) is 8.14. The maximum absolute atomic E-state index is 12.9. The second-order valence-electron chi connectivity index (χ2n) is 6.19. The van der Waals surface area contributed by atoms with Gasteiger partial charge in [-0.3, -0.25) is 9.48 Å². The third-order valence-corrected chi connectivity index (χ3v) is 4.73. The molecule has 2 aromatic heterocycles. The Kier molecular flexibility index (Phi) is 4.05. The summed E-state index contributed by atoms with van der Waals surface area (Å²) < 4.78 is 7.11. The van der Waals surface area contributed by atoms with Crippen molar-refractivity contribution < 1.29 is 9.32 Å². The Bertz CT molecular complexity index is 900. The third kappa shape index (κ3) is 3.05. The van der Waals surface area contributed by atoms with E-state index in [0.717, 1.165) is 24.0 Å². The highest BCUT2D eigenvalue weighted by atomic mass is 35.5.